The molecule has 0 aromatic heterocycles. The van der Waals surface area contributed by atoms with Gasteiger partial charge >= 0.3 is 0 Å². The van der Waals surface area contributed by atoms with Crippen molar-refractivity contribution in [2.24, 2.45) is 0 Å². The zero-order valence-electron chi connectivity index (χ0n) is 10.6. The molecule has 0 aliphatic carbocycles. The van der Waals surface area contributed by atoms with Crippen LogP contribution < -0.4 is 10.1 Å². The van der Waals surface area contributed by atoms with E-state index in [1.165, 1.54) is 5.56 Å². The van der Waals surface area contributed by atoms with Crippen molar-refractivity contribution in [3.8, 4) is 5.75 Å². The van der Waals surface area contributed by atoms with E-state index < -0.39 is 0 Å². The lowest BCUT2D eigenvalue weighted by atomic mass is 10.1. The summed E-state index contributed by atoms with van der Waals surface area (Å²) >= 11 is 5.29. The summed E-state index contributed by atoms with van der Waals surface area (Å²) in [5.74, 6) is 1.99. The van der Waals surface area contributed by atoms with Crippen molar-refractivity contribution in [2.75, 3.05) is 25.2 Å². The van der Waals surface area contributed by atoms with Crippen LogP contribution in [-0.2, 0) is 0 Å². The highest BCUT2D eigenvalue weighted by atomic mass is 79.9. The van der Waals surface area contributed by atoms with Gasteiger partial charge in [-0.2, -0.15) is 11.8 Å². The van der Waals surface area contributed by atoms with Crippen LogP contribution in [0.5, 0.6) is 5.75 Å². The molecule has 0 amide bonds. The summed E-state index contributed by atoms with van der Waals surface area (Å²) in [6.07, 6.45) is 2.09. The largest absolute Gasteiger partial charge is 0.492 e. The predicted molar refractivity (Wildman–Crippen MR) is 80.1 cm³/mol. The van der Waals surface area contributed by atoms with Crippen molar-refractivity contribution in [1.82, 2.24) is 5.32 Å². The van der Waals surface area contributed by atoms with Crippen LogP contribution in [0.25, 0.3) is 0 Å². The number of halogens is 1. The van der Waals surface area contributed by atoms with Crippen LogP contribution in [0.3, 0.4) is 0 Å². The lowest BCUT2D eigenvalue weighted by molar-refractivity contribution is 0.336. The molecule has 1 rings (SSSR count). The lowest BCUT2D eigenvalue weighted by Gasteiger charge is -2.18. The van der Waals surface area contributed by atoms with Gasteiger partial charge in [0, 0.05) is 21.8 Å². The summed E-state index contributed by atoms with van der Waals surface area (Å²) < 4.78 is 6.89. The minimum absolute atomic E-state index is 0.317. The van der Waals surface area contributed by atoms with Gasteiger partial charge in [0.25, 0.3) is 0 Å². The molecule has 1 aromatic carbocycles. The third-order valence-corrected chi connectivity index (χ3v) is 3.57. The van der Waals surface area contributed by atoms with Crippen molar-refractivity contribution in [2.45, 2.75) is 19.9 Å². The smallest absolute Gasteiger partial charge is 0.125 e. The summed E-state index contributed by atoms with van der Waals surface area (Å²) in [7, 11) is 0. The van der Waals surface area contributed by atoms with Gasteiger partial charge in [0.05, 0.1) is 6.61 Å². The van der Waals surface area contributed by atoms with Gasteiger partial charge in [-0.3, -0.25) is 0 Å². The maximum Gasteiger partial charge on any atom is 0.125 e. The van der Waals surface area contributed by atoms with Gasteiger partial charge < -0.3 is 10.1 Å². The molecular weight excluding hydrogens is 298 g/mol. The van der Waals surface area contributed by atoms with Crippen LogP contribution in [0, 0.1) is 0 Å². The molecule has 17 heavy (non-hydrogen) atoms. The Labute approximate surface area is 117 Å². The Morgan fingerprint density at radius 3 is 2.88 bits per heavy atom. The molecule has 0 spiro atoms. The van der Waals surface area contributed by atoms with Gasteiger partial charge in [-0.1, -0.05) is 28.9 Å². The highest BCUT2D eigenvalue weighted by Crippen LogP contribution is 2.28. The molecule has 0 fully saturated rings. The van der Waals surface area contributed by atoms with E-state index in [4.69, 9.17) is 4.74 Å². The highest BCUT2D eigenvalue weighted by Gasteiger charge is 2.11. The fourth-order valence-electron chi connectivity index (χ4n) is 1.64. The van der Waals surface area contributed by atoms with Crippen molar-refractivity contribution in [3.63, 3.8) is 0 Å². The summed E-state index contributed by atoms with van der Waals surface area (Å²) in [4.78, 5) is 0. The topological polar surface area (TPSA) is 21.3 Å². The molecule has 2 nitrogen and oxygen atoms in total. The van der Waals surface area contributed by atoms with E-state index in [0.29, 0.717) is 6.04 Å². The second kappa shape index (κ2) is 8.01. The minimum Gasteiger partial charge on any atom is -0.492 e. The van der Waals surface area contributed by atoms with Crippen molar-refractivity contribution < 1.29 is 4.74 Å². The van der Waals surface area contributed by atoms with Crippen LogP contribution in [0.4, 0.5) is 0 Å². The average Bonchev–Trinajstić information content (AvgIpc) is 2.30. The Hall–Kier alpha value is -0.190. The molecule has 0 bridgehead atoms. The Morgan fingerprint density at radius 1 is 1.47 bits per heavy atom. The van der Waals surface area contributed by atoms with Gasteiger partial charge in [0.15, 0.2) is 0 Å². The zero-order chi connectivity index (χ0) is 12.7. The fourth-order valence-corrected chi connectivity index (χ4v) is 2.23. The van der Waals surface area contributed by atoms with Crippen molar-refractivity contribution in [1.29, 1.82) is 0 Å². The number of rotatable bonds is 7. The van der Waals surface area contributed by atoms with Gasteiger partial charge in [0.1, 0.15) is 5.75 Å². The first-order valence-corrected chi connectivity index (χ1v) is 8.02. The summed E-state index contributed by atoms with van der Waals surface area (Å²) in [5, 5.41) is 3.41. The van der Waals surface area contributed by atoms with E-state index in [9.17, 15) is 0 Å². The molecule has 1 unspecified atom stereocenters. The Morgan fingerprint density at radius 2 is 2.24 bits per heavy atom. The lowest BCUT2D eigenvalue weighted by Crippen LogP contribution is -2.18. The number of nitrogens with one attached hydrogen (secondary N) is 1. The highest BCUT2D eigenvalue weighted by molar-refractivity contribution is 9.10. The van der Waals surface area contributed by atoms with Gasteiger partial charge in [-0.05, 0) is 31.9 Å². The summed E-state index contributed by atoms with van der Waals surface area (Å²) in [6, 6.07) is 6.54. The predicted octanol–water partition coefficient (Wildman–Crippen LogP) is 3.86. The number of benzene rings is 1. The molecule has 1 N–H and O–H groups in total. The third kappa shape index (κ3) is 4.90. The second-order valence-corrected chi connectivity index (χ2v) is 5.70. The molecule has 0 saturated carbocycles. The van der Waals surface area contributed by atoms with Crippen LogP contribution in [-0.4, -0.2) is 25.2 Å². The van der Waals surface area contributed by atoms with Crippen molar-refractivity contribution >= 4 is 27.7 Å². The molecule has 0 saturated heterocycles. The Bertz CT molecular complexity index is 346. The standard InChI is InChI=1S/C13H20BrNOS/c1-4-15-10(2)12-6-5-11(14)9-13(12)16-7-8-17-3/h5-6,9-10,15H,4,7-8H2,1-3H3. The molecular formula is C13H20BrNOS. The first-order valence-electron chi connectivity index (χ1n) is 5.83. The molecule has 4 heteroatoms. The molecule has 0 radical (unpaired) electrons. The number of hydrogen-bond donors (Lipinski definition) is 1. The van der Waals surface area contributed by atoms with E-state index in [1.54, 1.807) is 11.8 Å². The summed E-state index contributed by atoms with van der Waals surface area (Å²) in [5.41, 5.74) is 1.22. The van der Waals surface area contributed by atoms with Crippen LogP contribution in [0.15, 0.2) is 22.7 Å². The number of hydrogen-bond acceptors (Lipinski definition) is 3. The third-order valence-electron chi connectivity index (χ3n) is 2.50. The summed E-state index contributed by atoms with van der Waals surface area (Å²) in [6.45, 7) is 5.99. The van der Waals surface area contributed by atoms with Gasteiger partial charge in [0.2, 0.25) is 0 Å². The maximum absolute atomic E-state index is 5.84. The molecule has 1 aromatic rings. The SMILES string of the molecule is CCNC(C)c1ccc(Br)cc1OCCSC. The maximum atomic E-state index is 5.84. The molecule has 96 valence electrons. The van der Waals surface area contributed by atoms with E-state index in [-0.39, 0.29) is 0 Å². The number of ether oxygens (including phenoxy) is 1. The van der Waals surface area contributed by atoms with Crippen LogP contribution in [0.1, 0.15) is 25.5 Å². The molecule has 0 aliphatic rings. The Balaban J connectivity index is 2.79. The first-order chi connectivity index (χ1) is 8.19. The molecule has 0 aliphatic heterocycles. The average molecular weight is 318 g/mol. The normalized spacial score (nSPS) is 12.5. The molecule has 0 heterocycles. The van der Waals surface area contributed by atoms with E-state index >= 15 is 0 Å². The van der Waals surface area contributed by atoms with Gasteiger partial charge in [-0.15, -0.1) is 0 Å². The Kier molecular flexibility index (Phi) is 7.00. The van der Waals surface area contributed by atoms with Crippen molar-refractivity contribution in [3.05, 3.63) is 28.2 Å². The van der Waals surface area contributed by atoms with E-state index in [2.05, 4.69) is 53.5 Å². The van der Waals surface area contributed by atoms with Crippen LogP contribution >= 0.6 is 27.7 Å². The quantitative estimate of drug-likeness (QED) is 0.771. The number of thioether (sulfide) groups is 1. The second-order valence-electron chi connectivity index (χ2n) is 3.80. The monoisotopic (exact) mass is 317 g/mol. The fraction of sp³-hybridized carbons (Fsp3) is 0.538. The molecule has 1 atom stereocenters. The van der Waals surface area contributed by atoms with Crippen LogP contribution in [0.2, 0.25) is 0 Å². The zero-order valence-corrected chi connectivity index (χ0v) is 13.0. The van der Waals surface area contributed by atoms with Gasteiger partial charge in [-0.25, -0.2) is 0 Å². The first kappa shape index (κ1) is 14.9. The van der Waals surface area contributed by atoms with E-state index in [1.807, 2.05) is 6.07 Å². The van der Waals surface area contributed by atoms with E-state index in [0.717, 1.165) is 29.1 Å². The minimum atomic E-state index is 0.317.